The summed E-state index contributed by atoms with van der Waals surface area (Å²) in [5.74, 6) is -1.44. The Labute approximate surface area is 112 Å². The molecule has 0 saturated carbocycles. The van der Waals surface area contributed by atoms with Crippen LogP contribution in [-0.2, 0) is 14.3 Å². The van der Waals surface area contributed by atoms with Crippen LogP contribution in [0.1, 0.15) is 13.3 Å². The van der Waals surface area contributed by atoms with Crippen molar-refractivity contribution in [3.05, 3.63) is 0 Å². The summed E-state index contributed by atoms with van der Waals surface area (Å²) >= 11 is 0. The van der Waals surface area contributed by atoms with E-state index >= 15 is 0 Å². The quantitative estimate of drug-likeness (QED) is 0.505. The van der Waals surface area contributed by atoms with Crippen molar-refractivity contribution in [1.82, 2.24) is 15.5 Å². The Morgan fingerprint density at radius 2 is 1.95 bits per heavy atom. The number of nitrogens with zero attached hydrogens (tertiary/aromatic N) is 1. The average Bonchev–Trinajstić information content (AvgIpc) is 2.36. The van der Waals surface area contributed by atoms with Crippen molar-refractivity contribution in [2.75, 3.05) is 33.9 Å². The summed E-state index contributed by atoms with van der Waals surface area (Å²) in [6, 6.07) is -1.51. The van der Waals surface area contributed by atoms with Gasteiger partial charge < -0.3 is 25.4 Å². The predicted octanol–water partition coefficient (Wildman–Crippen LogP) is -0.746. The van der Waals surface area contributed by atoms with E-state index in [2.05, 4.69) is 10.6 Å². The topological polar surface area (TPSA) is 108 Å². The SMILES string of the molecule is CCC(C(=O)O)N(C)C(=O)NCC(=O)NCCOC. The van der Waals surface area contributed by atoms with Crippen LogP contribution in [0.5, 0.6) is 0 Å². The summed E-state index contributed by atoms with van der Waals surface area (Å²) in [4.78, 5) is 34.9. The molecule has 0 rings (SSSR count). The van der Waals surface area contributed by atoms with Gasteiger partial charge in [0.25, 0.3) is 0 Å². The summed E-state index contributed by atoms with van der Waals surface area (Å²) in [7, 11) is 2.89. The van der Waals surface area contributed by atoms with Crippen molar-refractivity contribution >= 4 is 17.9 Å². The molecule has 0 radical (unpaired) electrons. The van der Waals surface area contributed by atoms with Crippen LogP contribution in [-0.4, -0.2) is 67.8 Å². The van der Waals surface area contributed by atoms with Gasteiger partial charge in [-0.05, 0) is 6.42 Å². The number of rotatable bonds is 8. The summed E-state index contributed by atoms with van der Waals surface area (Å²) in [6.07, 6.45) is 0.291. The molecule has 1 atom stereocenters. The maximum atomic E-state index is 11.6. The van der Waals surface area contributed by atoms with Crippen LogP contribution >= 0.6 is 0 Å². The zero-order valence-corrected chi connectivity index (χ0v) is 11.4. The standard InChI is InChI=1S/C11H21N3O5/c1-4-8(10(16)17)14(2)11(18)13-7-9(15)12-5-6-19-3/h8H,4-7H2,1-3H3,(H,12,15)(H,13,18)(H,16,17). The summed E-state index contributed by atoms with van der Waals surface area (Å²) in [5, 5.41) is 13.8. The molecular formula is C11H21N3O5. The Morgan fingerprint density at radius 1 is 1.32 bits per heavy atom. The van der Waals surface area contributed by atoms with E-state index in [0.717, 1.165) is 4.90 Å². The van der Waals surface area contributed by atoms with E-state index in [1.165, 1.54) is 14.2 Å². The molecule has 0 aliphatic rings. The van der Waals surface area contributed by atoms with E-state index in [1.54, 1.807) is 6.92 Å². The van der Waals surface area contributed by atoms with Gasteiger partial charge >= 0.3 is 12.0 Å². The van der Waals surface area contributed by atoms with E-state index in [1.807, 2.05) is 0 Å². The fourth-order valence-electron chi connectivity index (χ4n) is 1.39. The monoisotopic (exact) mass is 275 g/mol. The third-order valence-corrected chi connectivity index (χ3v) is 2.49. The summed E-state index contributed by atoms with van der Waals surface area (Å²) < 4.78 is 4.75. The van der Waals surface area contributed by atoms with Gasteiger partial charge in [-0.1, -0.05) is 6.92 Å². The Morgan fingerprint density at radius 3 is 2.42 bits per heavy atom. The molecule has 0 aromatic heterocycles. The molecule has 8 nitrogen and oxygen atoms in total. The van der Waals surface area contributed by atoms with Gasteiger partial charge in [-0.15, -0.1) is 0 Å². The molecule has 0 aromatic carbocycles. The maximum Gasteiger partial charge on any atom is 0.326 e. The van der Waals surface area contributed by atoms with Gasteiger partial charge in [0, 0.05) is 20.7 Å². The molecule has 0 aliphatic carbocycles. The van der Waals surface area contributed by atoms with Gasteiger partial charge in [-0.3, -0.25) is 4.79 Å². The molecule has 0 heterocycles. The largest absolute Gasteiger partial charge is 0.480 e. The second-order valence-electron chi connectivity index (χ2n) is 3.87. The number of amides is 3. The van der Waals surface area contributed by atoms with E-state index in [9.17, 15) is 14.4 Å². The molecule has 3 amide bonds. The van der Waals surface area contributed by atoms with Crippen molar-refractivity contribution in [3.63, 3.8) is 0 Å². The molecule has 0 aromatic rings. The molecule has 0 fully saturated rings. The van der Waals surface area contributed by atoms with E-state index < -0.39 is 18.0 Å². The van der Waals surface area contributed by atoms with Crippen LogP contribution in [0.25, 0.3) is 0 Å². The van der Waals surface area contributed by atoms with Crippen molar-refractivity contribution in [3.8, 4) is 0 Å². The lowest BCUT2D eigenvalue weighted by molar-refractivity contribution is -0.141. The number of hydrogen-bond donors (Lipinski definition) is 3. The van der Waals surface area contributed by atoms with Gasteiger partial charge in [0.1, 0.15) is 6.04 Å². The van der Waals surface area contributed by atoms with Gasteiger partial charge in [0.05, 0.1) is 13.2 Å². The first-order valence-electron chi connectivity index (χ1n) is 5.93. The minimum atomic E-state index is -1.08. The highest BCUT2D eigenvalue weighted by Crippen LogP contribution is 2.01. The van der Waals surface area contributed by atoms with E-state index in [-0.39, 0.29) is 12.5 Å². The minimum absolute atomic E-state index is 0.205. The molecule has 0 saturated heterocycles. The van der Waals surface area contributed by atoms with Crippen LogP contribution in [0.2, 0.25) is 0 Å². The molecule has 3 N–H and O–H groups in total. The Balaban J connectivity index is 4.09. The van der Waals surface area contributed by atoms with Gasteiger partial charge in [0.2, 0.25) is 5.91 Å². The van der Waals surface area contributed by atoms with Crippen LogP contribution < -0.4 is 10.6 Å². The molecule has 1 unspecified atom stereocenters. The number of carboxylic acids is 1. The number of carbonyl (C=O) groups is 3. The number of carboxylic acid groups (broad SMARTS) is 1. The molecule has 0 aliphatic heterocycles. The minimum Gasteiger partial charge on any atom is -0.480 e. The number of hydrogen-bond acceptors (Lipinski definition) is 4. The zero-order valence-electron chi connectivity index (χ0n) is 11.4. The van der Waals surface area contributed by atoms with E-state index in [0.29, 0.717) is 19.6 Å². The van der Waals surface area contributed by atoms with Crippen LogP contribution in [0.3, 0.4) is 0 Å². The van der Waals surface area contributed by atoms with Gasteiger partial charge in [-0.2, -0.15) is 0 Å². The molecule has 0 bridgehead atoms. The zero-order chi connectivity index (χ0) is 14.8. The molecule has 8 heteroatoms. The third-order valence-electron chi connectivity index (χ3n) is 2.49. The van der Waals surface area contributed by atoms with Gasteiger partial charge in [0.15, 0.2) is 0 Å². The lowest BCUT2D eigenvalue weighted by Gasteiger charge is -2.23. The highest BCUT2D eigenvalue weighted by atomic mass is 16.5. The predicted molar refractivity (Wildman–Crippen MR) is 67.8 cm³/mol. The number of urea groups is 1. The Kier molecular flexibility index (Phi) is 8.27. The van der Waals surface area contributed by atoms with Crippen LogP contribution in [0.4, 0.5) is 4.79 Å². The fourth-order valence-corrected chi connectivity index (χ4v) is 1.39. The normalized spacial score (nSPS) is 11.5. The first-order valence-corrected chi connectivity index (χ1v) is 5.93. The highest BCUT2D eigenvalue weighted by Gasteiger charge is 2.24. The summed E-state index contributed by atoms with van der Waals surface area (Å²) in [6.45, 7) is 2.20. The first-order chi connectivity index (χ1) is 8.93. The lowest BCUT2D eigenvalue weighted by Crippen LogP contribution is -2.49. The number of aliphatic carboxylic acids is 1. The second-order valence-corrected chi connectivity index (χ2v) is 3.87. The van der Waals surface area contributed by atoms with Crippen LogP contribution in [0, 0.1) is 0 Å². The van der Waals surface area contributed by atoms with Crippen molar-refractivity contribution in [2.24, 2.45) is 0 Å². The maximum absolute atomic E-state index is 11.6. The van der Waals surface area contributed by atoms with Crippen molar-refractivity contribution in [2.45, 2.75) is 19.4 Å². The molecular weight excluding hydrogens is 254 g/mol. The number of likely N-dealkylation sites (N-methyl/N-ethyl adjacent to an activating group) is 1. The molecule has 0 spiro atoms. The van der Waals surface area contributed by atoms with Crippen LogP contribution in [0.15, 0.2) is 0 Å². The van der Waals surface area contributed by atoms with Crippen molar-refractivity contribution in [1.29, 1.82) is 0 Å². The molecule has 19 heavy (non-hydrogen) atoms. The Hall–Kier alpha value is -1.83. The fraction of sp³-hybridized carbons (Fsp3) is 0.727. The lowest BCUT2D eigenvalue weighted by atomic mass is 10.2. The smallest absolute Gasteiger partial charge is 0.326 e. The summed E-state index contributed by atoms with van der Waals surface area (Å²) in [5.41, 5.74) is 0. The average molecular weight is 275 g/mol. The first kappa shape index (κ1) is 17.2. The molecule has 110 valence electrons. The number of ether oxygens (including phenoxy) is 1. The third kappa shape index (κ3) is 6.61. The number of methoxy groups -OCH3 is 1. The Bertz CT molecular complexity index is 321. The highest BCUT2D eigenvalue weighted by molar-refractivity contribution is 5.86. The van der Waals surface area contributed by atoms with Gasteiger partial charge in [-0.25, -0.2) is 9.59 Å². The second kappa shape index (κ2) is 9.15. The number of carbonyl (C=O) groups excluding carboxylic acids is 2. The van der Waals surface area contributed by atoms with E-state index in [4.69, 9.17) is 9.84 Å². The van der Waals surface area contributed by atoms with Crippen molar-refractivity contribution < 1.29 is 24.2 Å². The number of nitrogens with one attached hydrogen (secondary N) is 2.